The van der Waals surface area contributed by atoms with Crippen molar-refractivity contribution in [2.24, 2.45) is 40.9 Å². The molecule has 50 heteroatoms. The maximum absolute atomic E-state index is 13.4. The molecule has 1 heterocycles. The number of benzene rings is 7. The maximum Gasteiger partial charge on any atom is 0.356 e. The molecular formula is C42H27N13O30S7. The molecule has 0 fully saturated rings. The van der Waals surface area contributed by atoms with Gasteiger partial charge in [-0.25, -0.2) is 14.7 Å². The number of carboxylic acid groups (broad SMARTS) is 1. The average molecular weight is 1420 g/mol. The number of carboxylic acids is 1. The number of nitrogen functional groups attached to an aromatic ring is 1. The summed E-state index contributed by atoms with van der Waals surface area (Å²) < 4.78 is 216. The highest BCUT2D eigenvalue weighted by atomic mass is 32.2. The summed E-state index contributed by atoms with van der Waals surface area (Å²) in [5.74, 6) is -4.76. The van der Waals surface area contributed by atoms with Crippen LogP contribution in [-0.4, -0.2) is 124 Å². The smallest absolute Gasteiger partial charge is 0.356 e. The van der Waals surface area contributed by atoms with Crippen molar-refractivity contribution in [1.29, 1.82) is 0 Å². The Morgan fingerprint density at radius 2 is 1.09 bits per heavy atom. The van der Waals surface area contributed by atoms with Crippen molar-refractivity contribution in [2.75, 3.05) is 5.73 Å². The van der Waals surface area contributed by atoms with E-state index in [0.717, 1.165) is 24.3 Å². The molecule has 8 aromatic rings. The third kappa shape index (κ3) is 13.8. The molecule has 0 atom stereocenters. The van der Waals surface area contributed by atoms with E-state index in [1.54, 1.807) is 0 Å². The van der Waals surface area contributed by atoms with Crippen LogP contribution in [-0.2, 0) is 70.1 Å². The molecule has 0 radical (unpaired) electrons. The van der Waals surface area contributed by atoms with E-state index in [2.05, 4.69) is 55.4 Å². The van der Waals surface area contributed by atoms with Crippen molar-refractivity contribution >= 4 is 163 Å². The minimum Gasteiger partial charge on any atom is -0.505 e. The number of aromatic hydroxyl groups is 2. The van der Waals surface area contributed by atoms with Gasteiger partial charge in [0.15, 0.2) is 28.6 Å². The van der Waals surface area contributed by atoms with Gasteiger partial charge in [-0.15, -0.1) is 45.2 Å². The Morgan fingerprint density at radius 3 is 1.64 bits per heavy atom. The molecule has 482 valence electrons. The quantitative estimate of drug-likeness (QED) is 0.00628. The lowest BCUT2D eigenvalue weighted by molar-refractivity contribution is -0.432. The lowest BCUT2D eigenvalue weighted by Gasteiger charge is -2.15. The number of hydrogen-bond donors (Lipinski definition) is 12. The molecule has 8 rings (SSSR count). The van der Waals surface area contributed by atoms with Gasteiger partial charge in [0.2, 0.25) is 0 Å². The highest BCUT2D eigenvalue weighted by molar-refractivity contribution is 7.94. The van der Waals surface area contributed by atoms with Gasteiger partial charge in [-0.1, -0.05) is 5.04 Å². The SMILES string of the molecule is Nc1c(N=Nc2ccc3c(O)c(N=Nc4cc(N=Nc5c(C(=O)O)[nH]n(-c6ccc(S(=O)(=O)O)cc6)c5=O)c(S(=O)(=O)O)cc4[N+](=O)[O-])c(S(=O)(=O)O)cc3c2S(=O)(=O)O)cc(S(=O)(=O)O)c2cc(SOOO)c(N=Nc3ccc([N+](=O)[O-])cc3S(=O)(=O)O)c(O)c12. The third-order valence-electron chi connectivity index (χ3n) is 11.9. The molecule has 43 nitrogen and oxygen atoms in total. The summed E-state index contributed by atoms with van der Waals surface area (Å²) in [7, 11) is -33.1. The van der Waals surface area contributed by atoms with Gasteiger partial charge in [0.25, 0.3) is 77.6 Å². The Morgan fingerprint density at radius 1 is 0.543 bits per heavy atom. The van der Waals surface area contributed by atoms with Crippen LogP contribution in [0.5, 0.6) is 11.5 Å². The minimum absolute atomic E-state index is 0.0438. The Hall–Kier alpha value is -10.2. The molecule has 1 aromatic heterocycles. The summed E-state index contributed by atoms with van der Waals surface area (Å²) >= 11 is -0.0788. The summed E-state index contributed by atoms with van der Waals surface area (Å²) in [6.07, 6.45) is 0. The first-order valence-electron chi connectivity index (χ1n) is 23.0. The van der Waals surface area contributed by atoms with Crippen molar-refractivity contribution in [1.82, 2.24) is 9.78 Å². The zero-order valence-corrected chi connectivity index (χ0v) is 49.3. The summed E-state index contributed by atoms with van der Waals surface area (Å²) in [4.78, 5) is 38.3. The first-order valence-corrected chi connectivity index (χ1v) is 32.3. The van der Waals surface area contributed by atoms with Gasteiger partial charge >= 0.3 is 5.97 Å². The third-order valence-corrected chi connectivity index (χ3v) is 17.9. The zero-order chi connectivity index (χ0) is 68.3. The number of nitro benzene ring substituents is 2. The number of phenolic OH excluding ortho intramolecular Hbond substituents is 2. The lowest BCUT2D eigenvalue weighted by Crippen LogP contribution is -2.14. The molecule has 0 spiro atoms. The van der Waals surface area contributed by atoms with Crippen LogP contribution < -0.4 is 11.3 Å². The maximum atomic E-state index is 13.4. The number of anilines is 1. The van der Waals surface area contributed by atoms with E-state index in [-0.39, 0.29) is 35.9 Å². The molecular weight excluding hydrogens is 1390 g/mol. The van der Waals surface area contributed by atoms with Gasteiger partial charge in [0.05, 0.1) is 48.4 Å². The van der Waals surface area contributed by atoms with E-state index in [1.807, 2.05) is 0 Å². The second kappa shape index (κ2) is 24.6. The number of aromatic amines is 1. The number of nitrogens with zero attached hydrogens (tertiary/aromatic N) is 11. The molecule has 0 aliphatic rings. The fourth-order valence-electron chi connectivity index (χ4n) is 8.04. The van der Waals surface area contributed by atoms with E-state index in [1.165, 1.54) is 0 Å². The molecule has 0 saturated carbocycles. The Balaban J connectivity index is 1.28. The van der Waals surface area contributed by atoms with Crippen LogP contribution in [0.25, 0.3) is 27.2 Å². The van der Waals surface area contributed by atoms with E-state index in [0.29, 0.717) is 47.1 Å². The van der Waals surface area contributed by atoms with Gasteiger partial charge in [0.1, 0.15) is 58.6 Å². The fourth-order valence-corrected chi connectivity index (χ4v) is 12.4. The Labute approximate surface area is 511 Å². The number of nitro groups is 2. The number of carbonyl (C=O) groups is 1. The van der Waals surface area contributed by atoms with Crippen LogP contribution in [0.4, 0.5) is 62.6 Å². The molecule has 0 saturated heterocycles. The van der Waals surface area contributed by atoms with Crippen LogP contribution >= 0.6 is 12.0 Å². The number of rotatable bonds is 21. The predicted molar refractivity (Wildman–Crippen MR) is 301 cm³/mol. The number of H-pyrrole nitrogens is 1. The normalized spacial score (nSPS) is 13.0. The van der Waals surface area contributed by atoms with Crippen molar-refractivity contribution in [3.8, 4) is 17.2 Å². The number of aromatic nitrogens is 2. The fraction of sp³-hybridized carbons (Fsp3) is 0. The van der Waals surface area contributed by atoms with E-state index >= 15 is 0 Å². The first kappa shape index (κ1) is 67.8. The second-order valence-electron chi connectivity index (χ2n) is 17.5. The summed E-state index contributed by atoms with van der Waals surface area (Å²) in [6.45, 7) is 0. The Bertz CT molecular complexity index is 5490. The highest BCUT2D eigenvalue weighted by Gasteiger charge is 2.32. The number of hydrogen-bond acceptors (Lipinski definition) is 33. The molecule has 0 amide bonds. The number of nitrogens with one attached hydrogen (secondary N) is 1. The second-order valence-corrected chi connectivity index (χ2v) is 26.6. The predicted octanol–water partition coefficient (Wildman–Crippen LogP) is 7.55. The molecule has 13 N–H and O–H groups in total. The molecule has 0 aliphatic heterocycles. The number of aromatic carboxylic acids is 1. The standard InChI is InChI=1S/C42H27N13O30S7/c43-33-25(13-28(88(69,70)71)20-10-27(86-85-84-65)34(39(57)32(20)33)49-44-21-7-3-16(54(61)62)9-29(21)89(72,73)74)48-45-22-8-6-18-19(40(22)92(81,82)83)11-31(91(78,79)80)35(38(18)56)50-46-23-12-24(30(90(75,76)77)14-26(23)55(63)64)47-51-36-37(42(59)60)52-53(41(36)58)15-1-4-17(5-2-15)87(66,67)68/h1-14,52,56-57,65H,43H2,(H,59,60)(H,66,67,68)(H,69,70,71)(H,72,73,74)(H,75,76,77)(H,78,79,80)(H,81,82,83). The largest absolute Gasteiger partial charge is 0.505 e. The molecule has 0 bridgehead atoms. The highest BCUT2D eigenvalue weighted by Crippen LogP contribution is 2.51. The molecule has 0 unspecified atom stereocenters. The Kier molecular flexibility index (Phi) is 18.1. The van der Waals surface area contributed by atoms with E-state index in [4.69, 9.17) is 11.0 Å². The summed E-state index contributed by atoms with van der Waals surface area (Å²) in [5, 5.41) is 95.8. The number of azo groups is 4. The van der Waals surface area contributed by atoms with Crippen LogP contribution in [0, 0.1) is 20.2 Å². The number of phenols is 2. The first-order chi connectivity index (χ1) is 42.5. The molecule has 0 aliphatic carbocycles. The van der Waals surface area contributed by atoms with Gasteiger partial charge < -0.3 is 21.1 Å². The van der Waals surface area contributed by atoms with Crippen molar-refractivity contribution < 1.29 is 122 Å². The van der Waals surface area contributed by atoms with E-state index < -0.39 is 218 Å². The number of non-ortho nitro benzene ring substituents is 1. The lowest BCUT2D eigenvalue weighted by atomic mass is 10.0. The molecule has 92 heavy (non-hydrogen) atoms. The minimum atomic E-state index is -5.89. The van der Waals surface area contributed by atoms with Crippen molar-refractivity contribution in [2.45, 2.75) is 34.3 Å². The number of fused-ring (bicyclic) bond motifs is 2. The van der Waals surface area contributed by atoms with Gasteiger partial charge in [-0.05, 0) is 60.7 Å². The van der Waals surface area contributed by atoms with E-state index in [9.17, 15) is 123 Å². The monoisotopic (exact) mass is 1420 g/mol. The summed E-state index contributed by atoms with van der Waals surface area (Å²) in [5.41, 5.74) is -8.65. The van der Waals surface area contributed by atoms with Crippen molar-refractivity contribution in [3.63, 3.8) is 0 Å². The summed E-state index contributed by atoms with van der Waals surface area (Å²) in [6, 6.07) is 7.98. The van der Waals surface area contributed by atoms with Crippen LogP contribution in [0.3, 0.4) is 0 Å². The number of nitrogens with two attached hydrogens (primary N) is 1. The van der Waals surface area contributed by atoms with Crippen LogP contribution in [0.15, 0.2) is 165 Å². The van der Waals surface area contributed by atoms with Crippen molar-refractivity contribution in [3.05, 3.63) is 121 Å². The zero-order valence-electron chi connectivity index (χ0n) is 43.6. The average Bonchev–Trinajstić information content (AvgIpc) is 0.945. The van der Waals surface area contributed by atoms with Crippen LogP contribution in [0.2, 0.25) is 0 Å². The van der Waals surface area contributed by atoms with Gasteiger partial charge in [-0.3, -0.25) is 57.4 Å². The topological polar surface area (TPSA) is 692 Å². The van der Waals surface area contributed by atoms with Gasteiger partial charge in [0, 0.05) is 40.4 Å². The van der Waals surface area contributed by atoms with Gasteiger partial charge in [-0.2, -0.15) is 50.5 Å². The van der Waals surface area contributed by atoms with Crippen LogP contribution in [0.1, 0.15) is 10.5 Å². The molecule has 7 aromatic carbocycles.